The van der Waals surface area contributed by atoms with Gasteiger partial charge in [0, 0.05) is 10.0 Å². The Morgan fingerprint density at radius 3 is 2.78 bits per heavy atom. The second-order valence-corrected chi connectivity index (χ2v) is 5.39. The number of halogens is 2. The number of nitrogens with two attached hydrogens (primary N) is 1. The van der Waals surface area contributed by atoms with Crippen molar-refractivity contribution < 1.29 is 9.13 Å². The largest absolute Gasteiger partial charge is 0.485 e. The number of hydrogen-bond donors (Lipinski definition) is 2. The molecule has 18 heavy (non-hydrogen) atoms. The molecule has 6 heteroatoms. The van der Waals surface area contributed by atoms with E-state index < -0.39 is 5.82 Å². The van der Waals surface area contributed by atoms with E-state index in [1.165, 1.54) is 23.5 Å². The standard InChI is InChI=1S/C12H10BrFN2OS/c13-8-3-4-18-11(8)6-17-10-2-1-7(12(15)16)5-9(10)14/h1-5H,6H2,(H3,15,16). The number of amidine groups is 1. The van der Waals surface area contributed by atoms with Crippen LogP contribution in [0.1, 0.15) is 10.4 Å². The summed E-state index contributed by atoms with van der Waals surface area (Å²) in [7, 11) is 0. The van der Waals surface area contributed by atoms with Crippen molar-refractivity contribution in [2.24, 2.45) is 5.73 Å². The second kappa shape index (κ2) is 5.49. The van der Waals surface area contributed by atoms with Crippen molar-refractivity contribution in [1.82, 2.24) is 0 Å². The zero-order valence-electron chi connectivity index (χ0n) is 9.24. The molecule has 0 unspecified atom stereocenters. The molecule has 0 atom stereocenters. The zero-order valence-corrected chi connectivity index (χ0v) is 11.6. The lowest BCUT2D eigenvalue weighted by atomic mass is 10.2. The summed E-state index contributed by atoms with van der Waals surface area (Å²) in [5, 5.41) is 9.14. The molecule has 1 aromatic carbocycles. The molecule has 94 valence electrons. The van der Waals surface area contributed by atoms with Gasteiger partial charge in [-0.1, -0.05) is 0 Å². The van der Waals surface area contributed by atoms with E-state index in [9.17, 15) is 4.39 Å². The first-order valence-corrected chi connectivity index (χ1v) is 6.74. The predicted octanol–water partition coefficient (Wildman–Crippen LogP) is 3.51. The van der Waals surface area contributed by atoms with E-state index in [2.05, 4.69) is 15.9 Å². The summed E-state index contributed by atoms with van der Waals surface area (Å²) in [4.78, 5) is 0.991. The van der Waals surface area contributed by atoms with Gasteiger partial charge in [0.25, 0.3) is 0 Å². The van der Waals surface area contributed by atoms with E-state index >= 15 is 0 Å². The van der Waals surface area contributed by atoms with Crippen LogP contribution in [0.15, 0.2) is 34.1 Å². The number of benzene rings is 1. The van der Waals surface area contributed by atoms with Crippen LogP contribution in [0, 0.1) is 11.2 Å². The molecule has 0 radical (unpaired) electrons. The van der Waals surface area contributed by atoms with Crippen molar-refractivity contribution in [3.05, 3.63) is 50.4 Å². The van der Waals surface area contributed by atoms with Gasteiger partial charge in [-0.3, -0.25) is 5.41 Å². The smallest absolute Gasteiger partial charge is 0.165 e. The Morgan fingerprint density at radius 1 is 1.44 bits per heavy atom. The molecule has 0 saturated heterocycles. The molecular formula is C12H10BrFN2OS. The number of hydrogen-bond acceptors (Lipinski definition) is 3. The van der Waals surface area contributed by atoms with Crippen LogP contribution in [-0.2, 0) is 6.61 Å². The lowest BCUT2D eigenvalue weighted by Crippen LogP contribution is -2.11. The quantitative estimate of drug-likeness (QED) is 0.666. The number of nitrogens with one attached hydrogen (secondary N) is 1. The normalized spacial score (nSPS) is 10.3. The Labute approximate surface area is 116 Å². The lowest BCUT2D eigenvalue weighted by Gasteiger charge is -2.07. The van der Waals surface area contributed by atoms with Crippen LogP contribution in [0.5, 0.6) is 5.75 Å². The summed E-state index contributed by atoms with van der Waals surface area (Å²) in [5.41, 5.74) is 5.62. The van der Waals surface area contributed by atoms with Crippen molar-refractivity contribution in [2.75, 3.05) is 0 Å². The van der Waals surface area contributed by atoms with Crippen LogP contribution in [0.25, 0.3) is 0 Å². The molecule has 3 nitrogen and oxygen atoms in total. The Morgan fingerprint density at radius 2 is 2.22 bits per heavy atom. The molecule has 3 N–H and O–H groups in total. The van der Waals surface area contributed by atoms with Crippen molar-refractivity contribution in [1.29, 1.82) is 5.41 Å². The van der Waals surface area contributed by atoms with E-state index in [4.69, 9.17) is 15.9 Å². The zero-order chi connectivity index (χ0) is 13.1. The minimum atomic E-state index is -0.518. The molecule has 1 heterocycles. The molecule has 2 aromatic rings. The first-order chi connectivity index (χ1) is 8.58. The van der Waals surface area contributed by atoms with Gasteiger partial charge in [-0.15, -0.1) is 11.3 Å². The van der Waals surface area contributed by atoms with Crippen LogP contribution < -0.4 is 10.5 Å². The molecular weight excluding hydrogens is 319 g/mol. The first-order valence-electron chi connectivity index (χ1n) is 5.06. The monoisotopic (exact) mass is 328 g/mol. The summed E-state index contributed by atoms with van der Waals surface area (Å²) >= 11 is 4.92. The van der Waals surface area contributed by atoms with E-state index in [1.807, 2.05) is 11.4 Å². The third-order valence-electron chi connectivity index (χ3n) is 2.29. The molecule has 0 saturated carbocycles. The van der Waals surface area contributed by atoms with Gasteiger partial charge in [-0.2, -0.15) is 0 Å². The molecule has 0 bridgehead atoms. The van der Waals surface area contributed by atoms with Crippen LogP contribution in [0.3, 0.4) is 0 Å². The fourth-order valence-corrected chi connectivity index (χ4v) is 2.73. The minimum absolute atomic E-state index is 0.153. The molecule has 0 fully saturated rings. The number of nitrogen functional groups attached to an aromatic ring is 1. The molecule has 0 spiro atoms. The van der Waals surface area contributed by atoms with Gasteiger partial charge in [-0.25, -0.2) is 4.39 Å². The summed E-state index contributed by atoms with van der Waals surface area (Å²) in [6.45, 7) is 0.300. The average Bonchev–Trinajstić information content (AvgIpc) is 2.73. The maximum absolute atomic E-state index is 13.7. The van der Waals surface area contributed by atoms with E-state index in [0.29, 0.717) is 12.2 Å². The Kier molecular flexibility index (Phi) is 3.98. The maximum atomic E-state index is 13.7. The maximum Gasteiger partial charge on any atom is 0.165 e. The molecule has 2 rings (SSSR count). The molecule has 1 aromatic heterocycles. The van der Waals surface area contributed by atoms with Gasteiger partial charge in [0.05, 0.1) is 4.88 Å². The number of rotatable bonds is 4. The summed E-state index contributed by atoms with van der Waals surface area (Å²) in [6.07, 6.45) is 0. The topological polar surface area (TPSA) is 59.1 Å². The van der Waals surface area contributed by atoms with Crippen molar-refractivity contribution in [3.63, 3.8) is 0 Å². The van der Waals surface area contributed by atoms with Gasteiger partial charge < -0.3 is 10.5 Å². The van der Waals surface area contributed by atoms with Crippen LogP contribution in [0.2, 0.25) is 0 Å². The van der Waals surface area contributed by atoms with Gasteiger partial charge in [0.2, 0.25) is 0 Å². The highest BCUT2D eigenvalue weighted by Gasteiger charge is 2.08. The van der Waals surface area contributed by atoms with Crippen molar-refractivity contribution >= 4 is 33.1 Å². The van der Waals surface area contributed by atoms with Gasteiger partial charge in [-0.05, 0) is 45.6 Å². The third-order valence-corrected chi connectivity index (χ3v) is 4.19. The molecule has 0 amide bonds. The first kappa shape index (κ1) is 13.0. The van der Waals surface area contributed by atoms with Gasteiger partial charge in [0.1, 0.15) is 12.4 Å². The highest BCUT2D eigenvalue weighted by atomic mass is 79.9. The summed E-state index contributed by atoms with van der Waals surface area (Å²) < 4.78 is 20.0. The highest BCUT2D eigenvalue weighted by Crippen LogP contribution is 2.25. The van der Waals surface area contributed by atoms with E-state index in [0.717, 1.165) is 9.35 Å². The third kappa shape index (κ3) is 2.88. The van der Waals surface area contributed by atoms with Crippen LogP contribution >= 0.6 is 27.3 Å². The number of ether oxygens (including phenoxy) is 1. The van der Waals surface area contributed by atoms with Crippen molar-refractivity contribution in [2.45, 2.75) is 6.61 Å². The number of thiophene rings is 1. The molecule has 0 aliphatic rings. The predicted molar refractivity (Wildman–Crippen MR) is 73.8 cm³/mol. The Hall–Kier alpha value is -1.40. The molecule has 0 aliphatic carbocycles. The SMILES string of the molecule is N=C(N)c1ccc(OCc2sccc2Br)c(F)c1. The van der Waals surface area contributed by atoms with Crippen LogP contribution in [-0.4, -0.2) is 5.84 Å². The lowest BCUT2D eigenvalue weighted by molar-refractivity contribution is 0.293. The fraction of sp³-hybridized carbons (Fsp3) is 0.0833. The van der Waals surface area contributed by atoms with E-state index in [-0.39, 0.29) is 11.6 Å². The Bertz CT molecular complexity index is 585. The second-order valence-electron chi connectivity index (χ2n) is 3.54. The summed E-state index contributed by atoms with van der Waals surface area (Å²) in [6, 6.07) is 6.15. The Balaban J connectivity index is 2.11. The molecule has 0 aliphatic heterocycles. The average molecular weight is 329 g/mol. The van der Waals surface area contributed by atoms with E-state index in [1.54, 1.807) is 6.07 Å². The van der Waals surface area contributed by atoms with Gasteiger partial charge in [0.15, 0.2) is 11.6 Å². The van der Waals surface area contributed by atoms with Gasteiger partial charge >= 0.3 is 0 Å². The van der Waals surface area contributed by atoms with Crippen LogP contribution in [0.4, 0.5) is 4.39 Å². The fourth-order valence-electron chi connectivity index (χ4n) is 1.36. The van der Waals surface area contributed by atoms with Crippen molar-refractivity contribution in [3.8, 4) is 5.75 Å². The summed E-state index contributed by atoms with van der Waals surface area (Å²) in [5.74, 6) is -0.530. The highest BCUT2D eigenvalue weighted by molar-refractivity contribution is 9.10. The minimum Gasteiger partial charge on any atom is -0.485 e.